The molecule has 0 saturated heterocycles. The van der Waals surface area contributed by atoms with Gasteiger partial charge in [-0.25, -0.2) is 4.79 Å². The summed E-state index contributed by atoms with van der Waals surface area (Å²) in [5.41, 5.74) is 7.68. The maximum Gasteiger partial charge on any atom is 0.351 e. The zero-order chi connectivity index (χ0) is 15.9. The van der Waals surface area contributed by atoms with Gasteiger partial charge in [-0.1, -0.05) is 42.5 Å². The van der Waals surface area contributed by atoms with Crippen molar-refractivity contribution >= 4 is 5.97 Å². The van der Waals surface area contributed by atoms with Gasteiger partial charge in [-0.3, -0.25) is 0 Å². The summed E-state index contributed by atoms with van der Waals surface area (Å²) < 4.78 is 10.6. The number of hydrogen-bond acceptors (Lipinski definition) is 4. The summed E-state index contributed by atoms with van der Waals surface area (Å²) in [4.78, 5) is 12.0. The predicted octanol–water partition coefficient (Wildman–Crippen LogP) is 2.87. The molecule has 0 amide bonds. The molecular weight excluding hydrogens is 278 g/mol. The minimum absolute atomic E-state index is 0.110. The fourth-order valence-electron chi connectivity index (χ4n) is 2.20. The Morgan fingerprint density at radius 3 is 2.27 bits per heavy atom. The summed E-state index contributed by atoms with van der Waals surface area (Å²) in [7, 11) is 1.35. The van der Waals surface area contributed by atoms with Crippen LogP contribution >= 0.6 is 0 Å². The van der Waals surface area contributed by atoms with E-state index in [1.165, 1.54) is 7.11 Å². The van der Waals surface area contributed by atoms with Gasteiger partial charge in [-0.15, -0.1) is 0 Å². The fourth-order valence-corrected chi connectivity index (χ4v) is 2.20. The normalized spacial score (nSPS) is 13.2. The highest BCUT2D eigenvalue weighted by molar-refractivity contribution is 5.76. The van der Waals surface area contributed by atoms with Crippen molar-refractivity contribution in [3.8, 4) is 5.75 Å². The van der Waals surface area contributed by atoms with E-state index < -0.39 is 12.1 Å². The van der Waals surface area contributed by atoms with Gasteiger partial charge in [0.25, 0.3) is 0 Å². The lowest BCUT2D eigenvalue weighted by molar-refractivity contribution is -0.149. The van der Waals surface area contributed by atoms with Gasteiger partial charge in [0.1, 0.15) is 5.75 Å². The van der Waals surface area contributed by atoms with Crippen LogP contribution in [0.2, 0.25) is 0 Å². The summed E-state index contributed by atoms with van der Waals surface area (Å²) in [5.74, 6) is 0.193. The molecule has 2 unspecified atom stereocenters. The van der Waals surface area contributed by atoms with Crippen LogP contribution in [-0.4, -0.2) is 19.1 Å². The summed E-state index contributed by atoms with van der Waals surface area (Å²) in [6, 6.07) is 17.0. The maximum absolute atomic E-state index is 12.0. The first-order valence-corrected chi connectivity index (χ1v) is 7.24. The molecular formula is C18H21NO3. The molecule has 2 atom stereocenters. The van der Waals surface area contributed by atoms with E-state index in [9.17, 15) is 4.79 Å². The van der Waals surface area contributed by atoms with Gasteiger partial charge in [0.05, 0.1) is 7.11 Å². The van der Waals surface area contributed by atoms with E-state index in [2.05, 4.69) is 0 Å². The SMILES string of the molecule is COC(=O)C(Oc1ccc(CC(C)N)cc1)c1ccccc1. The minimum atomic E-state index is -0.773. The van der Waals surface area contributed by atoms with Crippen molar-refractivity contribution in [2.75, 3.05) is 7.11 Å². The summed E-state index contributed by atoms with van der Waals surface area (Å²) >= 11 is 0. The molecule has 4 heteroatoms. The molecule has 0 heterocycles. The largest absolute Gasteiger partial charge is 0.474 e. The van der Waals surface area contributed by atoms with Gasteiger partial charge < -0.3 is 15.2 Å². The molecule has 2 aromatic carbocycles. The lowest BCUT2D eigenvalue weighted by atomic mass is 10.1. The Morgan fingerprint density at radius 2 is 1.73 bits per heavy atom. The fraction of sp³-hybridized carbons (Fsp3) is 0.278. The van der Waals surface area contributed by atoms with Crippen molar-refractivity contribution in [3.05, 3.63) is 65.7 Å². The quantitative estimate of drug-likeness (QED) is 0.833. The van der Waals surface area contributed by atoms with Crippen LogP contribution in [0.25, 0.3) is 0 Å². The zero-order valence-electron chi connectivity index (χ0n) is 12.9. The second-order valence-electron chi connectivity index (χ2n) is 5.26. The van der Waals surface area contributed by atoms with Crippen LogP contribution in [0.3, 0.4) is 0 Å². The van der Waals surface area contributed by atoms with E-state index in [1.807, 2.05) is 61.5 Å². The van der Waals surface area contributed by atoms with Crippen molar-refractivity contribution < 1.29 is 14.3 Å². The zero-order valence-corrected chi connectivity index (χ0v) is 12.9. The number of carbonyl (C=O) groups is 1. The number of carbonyl (C=O) groups excluding carboxylic acids is 1. The van der Waals surface area contributed by atoms with E-state index >= 15 is 0 Å². The highest BCUT2D eigenvalue weighted by Gasteiger charge is 2.23. The highest BCUT2D eigenvalue weighted by atomic mass is 16.6. The van der Waals surface area contributed by atoms with Gasteiger partial charge in [-0.2, -0.15) is 0 Å². The Hall–Kier alpha value is -2.33. The molecule has 0 aromatic heterocycles. The molecule has 22 heavy (non-hydrogen) atoms. The van der Waals surface area contributed by atoms with Crippen LogP contribution in [0.1, 0.15) is 24.2 Å². The molecule has 0 radical (unpaired) electrons. The highest BCUT2D eigenvalue weighted by Crippen LogP contribution is 2.23. The van der Waals surface area contributed by atoms with E-state index in [-0.39, 0.29) is 6.04 Å². The van der Waals surface area contributed by atoms with Gasteiger partial charge in [0.2, 0.25) is 6.10 Å². The average Bonchev–Trinajstić information content (AvgIpc) is 2.53. The second kappa shape index (κ2) is 7.61. The molecule has 0 aliphatic carbocycles. The van der Waals surface area contributed by atoms with Crippen LogP contribution in [0.5, 0.6) is 5.75 Å². The van der Waals surface area contributed by atoms with E-state index in [0.29, 0.717) is 5.75 Å². The van der Waals surface area contributed by atoms with Crippen LogP contribution in [0.4, 0.5) is 0 Å². The van der Waals surface area contributed by atoms with Gasteiger partial charge in [0.15, 0.2) is 0 Å². The topological polar surface area (TPSA) is 61.5 Å². The number of methoxy groups -OCH3 is 1. The molecule has 0 fully saturated rings. The Morgan fingerprint density at radius 1 is 1.09 bits per heavy atom. The molecule has 0 aliphatic heterocycles. The number of ether oxygens (including phenoxy) is 2. The third-order valence-electron chi connectivity index (χ3n) is 3.25. The van der Waals surface area contributed by atoms with Gasteiger partial charge in [0, 0.05) is 11.6 Å². The Kier molecular flexibility index (Phi) is 5.55. The van der Waals surface area contributed by atoms with Crippen molar-refractivity contribution in [1.29, 1.82) is 0 Å². The first-order valence-electron chi connectivity index (χ1n) is 7.24. The minimum Gasteiger partial charge on any atom is -0.474 e. The Balaban J connectivity index is 2.15. The molecule has 2 aromatic rings. The van der Waals surface area contributed by atoms with Crippen LogP contribution in [0, 0.1) is 0 Å². The maximum atomic E-state index is 12.0. The standard InChI is InChI=1S/C18H21NO3/c1-13(19)12-14-8-10-16(11-9-14)22-17(18(20)21-2)15-6-4-3-5-7-15/h3-11,13,17H,12,19H2,1-2H3. The molecule has 116 valence electrons. The third kappa shape index (κ3) is 4.33. The Labute approximate surface area is 130 Å². The number of esters is 1. The molecule has 2 N–H and O–H groups in total. The van der Waals surface area contributed by atoms with E-state index in [4.69, 9.17) is 15.2 Å². The van der Waals surface area contributed by atoms with Crippen molar-refractivity contribution in [2.24, 2.45) is 5.73 Å². The van der Waals surface area contributed by atoms with E-state index in [1.54, 1.807) is 0 Å². The Bertz CT molecular complexity index is 593. The van der Waals surface area contributed by atoms with Crippen molar-refractivity contribution in [2.45, 2.75) is 25.5 Å². The number of hydrogen-bond donors (Lipinski definition) is 1. The summed E-state index contributed by atoms with van der Waals surface area (Å²) in [6.45, 7) is 1.97. The van der Waals surface area contributed by atoms with Crippen LogP contribution in [0.15, 0.2) is 54.6 Å². The molecule has 4 nitrogen and oxygen atoms in total. The van der Waals surface area contributed by atoms with E-state index in [0.717, 1.165) is 17.5 Å². The van der Waals surface area contributed by atoms with Crippen LogP contribution < -0.4 is 10.5 Å². The number of nitrogens with two attached hydrogens (primary N) is 1. The lowest BCUT2D eigenvalue weighted by Gasteiger charge is -2.17. The summed E-state index contributed by atoms with van der Waals surface area (Å²) in [6.07, 6.45) is 0.0323. The average molecular weight is 299 g/mol. The first kappa shape index (κ1) is 16.0. The number of benzene rings is 2. The smallest absolute Gasteiger partial charge is 0.351 e. The van der Waals surface area contributed by atoms with Gasteiger partial charge in [-0.05, 0) is 31.0 Å². The molecule has 0 aliphatic rings. The molecule has 2 rings (SSSR count). The lowest BCUT2D eigenvalue weighted by Crippen LogP contribution is -2.20. The number of rotatable bonds is 6. The monoisotopic (exact) mass is 299 g/mol. The van der Waals surface area contributed by atoms with Crippen LogP contribution in [-0.2, 0) is 16.0 Å². The van der Waals surface area contributed by atoms with Crippen molar-refractivity contribution in [3.63, 3.8) is 0 Å². The molecule has 0 saturated carbocycles. The molecule has 0 bridgehead atoms. The predicted molar refractivity (Wildman–Crippen MR) is 85.6 cm³/mol. The molecule has 0 spiro atoms. The van der Waals surface area contributed by atoms with Gasteiger partial charge >= 0.3 is 5.97 Å². The third-order valence-corrected chi connectivity index (χ3v) is 3.25. The second-order valence-corrected chi connectivity index (χ2v) is 5.26. The summed E-state index contributed by atoms with van der Waals surface area (Å²) in [5, 5.41) is 0. The van der Waals surface area contributed by atoms with Crippen molar-refractivity contribution in [1.82, 2.24) is 0 Å². The first-order chi connectivity index (χ1) is 10.6.